The summed E-state index contributed by atoms with van der Waals surface area (Å²) < 4.78 is 10.8. The van der Waals surface area contributed by atoms with Gasteiger partial charge in [-0.25, -0.2) is 0 Å². The van der Waals surface area contributed by atoms with Crippen molar-refractivity contribution in [3.63, 3.8) is 0 Å². The summed E-state index contributed by atoms with van der Waals surface area (Å²) in [6.45, 7) is 0.673. The summed E-state index contributed by atoms with van der Waals surface area (Å²) in [6.07, 6.45) is 1.62. The number of nitrogens with one attached hydrogen (secondary N) is 1. The molecule has 1 aliphatic rings. The molecule has 3 N–H and O–H groups in total. The largest absolute Gasteiger partial charge is 0.396 e. The van der Waals surface area contributed by atoms with Gasteiger partial charge in [-0.05, 0) is 12.8 Å². The minimum Gasteiger partial charge on any atom is -0.396 e. The first kappa shape index (κ1) is 17.3. The number of nitrogens with zero attached hydrogens (tertiary/aromatic N) is 2. The molecule has 7 nitrogen and oxygen atoms in total. The highest BCUT2D eigenvalue weighted by molar-refractivity contribution is 7.19. The van der Waals surface area contributed by atoms with Crippen LogP contribution in [0, 0.1) is 11.3 Å². The van der Waals surface area contributed by atoms with Crippen LogP contribution in [-0.2, 0) is 4.74 Å². The van der Waals surface area contributed by atoms with Gasteiger partial charge in [-0.2, -0.15) is 5.26 Å². The van der Waals surface area contributed by atoms with Gasteiger partial charge >= 0.3 is 0 Å². The molecule has 1 aromatic carbocycles. The molecular formula is C19H16N4O3S. The molecule has 8 heteroatoms. The Balaban J connectivity index is 1.63. The van der Waals surface area contributed by atoms with Crippen molar-refractivity contribution < 1.29 is 14.1 Å². The van der Waals surface area contributed by atoms with E-state index in [-0.39, 0.29) is 28.1 Å². The molecule has 1 atom stereocenters. The minimum absolute atomic E-state index is 0.0787. The van der Waals surface area contributed by atoms with Crippen molar-refractivity contribution in [2.24, 2.45) is 0 Å². The molecule has 136 valence electrons. The Hall–Kier alpha value is -3.15. The number of ketones is 1. The number of carbonyl (C=O) groups is 1. The predicted octanol–water partition coefficient (Wildman–Crippen LogP) is 3.64. The molecule has 3 aromatic rings. The number of ether oxygens (including phenoxy) is 1. The molecule has 1 fully saturated rings. The van der Waals surface area contributed by atoms with Crippen molar-refractivity contribution in [2.75, 3.05) is 17.7 Å². The molecule has 1 aliphatic heterocycles. The first-order valence-corrected chi connectivity index (χ1v) is 9.26. The second kappa shape index (κ2) is 7.23. The van der Waals surface area contributed by atoms with E-state index in [9.17, 15) is 10.1 Å². The second-order valence-corrected chi connectivity index (χ2v) is 7.10. The summed E-state index contributed by atoms with van der Waals surface area (Å²) in [5, 5.41) is 17.1. The van der Waals surface area contributed by atoms with Gasteiger partial charge in [0.25, 0.3) is 0 Å². The van der Waals surface area contributed by atoms with E-state index in [1.165, 1.54) is 0 Å². The lowest BCUT2D eigenvalue weighted by Crippen LogP contribution is -2.16. The summed E-state index contributed by atoms with van der Waals surface area (Å²) in [5.41, 5.74) is 7.87. The van der Waals surface area contributed by atoms with E-state index in [0.717, 1.165) is 29.7 Å². The van der Waals surface area contributed by atoms with E-state index < -0.39 is 5.78 Å². The van der Waals surface area contributed by atoms with Crippen LogP contribution < -0.4 is 11.1 Å². The van der Waals surface area contributed by atoms with Crippen LogP contribution in [0.5, 0.6) is 0 Å². The lowest BCUT2D eigenvalue weighted by Gasteiger charge is -2.11. The zero-order valence-corrected chi connectivity index (χ0v) is 15.1. The maximum atomic E-state index is 12.9. The van der Waals surface area contributed by atoms with Gasteiger partial charge in [-0.15, -0.1) is 11.3 Å². The maximum Gasteiger partial charge on any atom is 0.243 e. The Morgan fingerprint density at radius 2 is 2.19 bits per heavy atom. The summed E-state index contributed by atoms with van der Waals surface area (Å²) >= 11 is 1.13. The van der Waals surface area contributed by atoms with Crippen molar-refractivity contribution in [1.82, 2.24) is 5.16 Å². The molecule has 0 spiro atoms. The highest BCUT2D eigenvalue weighted by Gasteiger charge is 2.27. The number of nitrogens with two attached hydrogens (primary N) is 1. The average Bonchev–Trinajstić information content (AvgIpc) is 3.43. The molecule has 0 aliphatic carbocycles. The van der Waals surface area contributed by atoms with Gasteiger partial charge in [0.2, 0.25) is 11.5 Å². The first-order valence-electron chi connectivity index (χ1n) is 8.44. The number of nitrogen functional groups attached to an aromatic ring is 1. The van der Waals surface area contributed by atoms with E-state index >= 15 is 0 Å². The monoisotopic (exact) mass is 380 g/mol. The van der Waals surface area contributed by atoms with E-state index in [4.69, 9.17) is 15.0 Å². The number of carbonyl (C=O) groups excluding carboxylic acids is 1. The molecule has 2 aromatic heterocycles. The molecule has 0 bridgehead atoms. The molecule has 4 rings (SSSR count). The van der Waals surface area contributed by atoms with Crippen LogP contribution in [0.3, 0.4) is 0 Å². The van der Waals surface area contributed by atoms with Gasteiger partial charge in [-0.1, -0.05) is 35.5 Å². The van der Waals surface area contributed by atoms with Crippen LogP contribution in [0.1, 0.15) is 33.8 Å². The molecule has 0 amide bonds. The highest BCUT2D eigenvalue weighted by atomic mass is 32.1. The van der Waals surface area contributed by atoms with Crippen LogP contribution in [-0.4, -0.2) is 23.8 Å². The number of benzene rings is 1. The molecule has 0 saturated carbocycles. The van der Waals surface area contributed by atoms with E-state index in [2.05, 4.69) is 16.5 Å². The Kier molecular flexibility index (Phi) is 4.62. The van der Waals surface area contributed by atoms with E-state index in [0.29, 0.717) is 17.3 Å². The fourth-order valence-electron chi connectivity index (χ4n) is 2.90. The molecule has 1 saturated heterocycles. The van der Waals surface area contributed by atoms with Crippen LogP contribution in [0.4, 0.5) is 10.7 Å². The highest BCUT2D eigenvalue weighted by Crippen LogP contribution is 2.38. The number of anilines is 2. The summed E-state index contributed by atoms with van der Waals surface area (Å²) in [4.78, 5) is 13.1. The van der Waals surface area contributed by atoms with Gasteiger partial charge in [0, 0.05) is 18.2 Å². The lowest BCUT2D eigenvalue weighted by molar-refractivity contribution is 0.100. The third-order valence-electron chi connectivity index (χ3n) is 4.29. The normalized spacial score (nSPS) is 16.2. The van der Waals surface area contributed by atoms with Gasteiger partial charge in [0.15, 0.2) is 0 Å². The van der Waals surface area contributed by atoms with Gasteiger partial charge < -0.3 is 20.3 Å². The van der Waals surface area contributed by atoms with Gasteiger partial charge in [0.1, 0.15) is 33.4 Å². The standard InChI is InChI=1S/C19H16N4O3S/c20-10-12-16(21)18(27-19(12)22-15-7-4-8-25-15)17(24)14-9-13(23-26-14)11-5-2-1-3-6-11/h1-3,5-6,9,15,22H,4,7-8,21H2. The predicted molar refractivity (Wildman–Crippen MR) is 101 cm³/mol. The Labute approximate surface area is 159 Å². The number of hydrogen-bond donors (Lipinski definition) is 2. The summed E-state index contributed by atoms with van der Waals surface area (Å²) in [7, 11) is 0. The third kappa shape index (κ3) is 3.30. The Morgan fingerprint density at radius 1 is 1.37 bits per heavy atom. The topological polar surface area (TPSA) is 114 Å². The molecule has 0 radical (unpaired) electrons. The van der Waals surface area contributed by atoms with Crippen LogP contribution >= 0.6 is 11.3 Å². The zero-order valence-electron chi connectivity index (χ0n) is 14.3. The zero-order chi connectivity index (χ0) is 18.8. The Bertz CT molecular complexity index is 1010. The number of aromatic nitrogens is 1. The smallest absolute Gasteiger partial charge is 0.243 e. The molecule has 3 heterocycles. The maximum absolute atomic E-state index is 12.9. The molecular weight excluding hydrogens is 364 g/mol. The Morgan fingerprint density at radius 3 is 2.89 bits per heavy atom. The van der Waals surface area contributed by atoms with Crippen LogP contribution in [0.25, 0.3) is 11.3 Å². The van der Waals surface area contributed by atoms with Crippen molar-refractivity contribution >= 4 is 27.8 Å². The number of hydrogen-bond acceptors (Lipinski definition) is 8. The first-order chi connectivity index (χ1) is 13.2. The van der Waals surface area contributed by atoms with Crippen molar-refractivity contribution in [1.29, 1.82) is 5.26 Å². The van der Waals surface area contributed by atoms with Gasteiger partial charge in [-0.3, -0.25) is 4.79 Å². The number of nitriles is 1. The van der Waals surface area contributed by atoms with Crippen LogP contribution in [0.2, 0.25) is 0 Å². The van der Waals surface area contributed by atoms with Crippen molar-refractivity contribution in [3.05, 3.63) is 52.6 Å². The SMILES string of the molecule is N#Cc1c(NC2CCCO2)sc(C(=O)c2cc(-c3ccccc3)no2)c1N. The third-order valence-corrected chi connectivity index (χ3v) is 5.42. The fraction of sp³-hybridized carbons (Fsp3) is 0.211. The fourth-order valence-corrected chi connectivity index (χ4v) is 3.96. The van der Waals surface area contributed by atoms with Crippen molar-refractivity contribution in [3.8, 4) is 17.3 Å². The number of rotatable bonds is 5. The summed E-state index contributed by atoms with van der Waals surface area (Å²) in [5.74, 6) is -0.320. The van der Waals surface area contributed by atoms with Crippen molar-refractivity contribution in [2.45, 2.75) is 19.1 Å². The molecule has 27 heavy (non-hydrogen) atoms. The average molecular weight is 380 g/mol. The quantitative estimate of drug-likeness (QED) is 0.650. The van der Waals surface area contributed by atoms with Crippen LogP contribution in [0.15, 0.2) is 40.9 Å². The summed E-state index contributed by atoms with van der Waals surface area (Å²) in [6, 6.07) is 13.1. The van der Waals surface area contributed by atoms with Gasteiger partial charge in [0.05, 0.1) is 5.69 Å². The second-order valence-electron chi connectivity index (χ2n) is 6.08. The van der Waals surface area contributed by atoms with E-state index in [1.807, 2.05) is 30.3 Å². The minimum atomic E-state index is -0.399. The lowest BCUT2D eigenvalue weighted by atomic mass is 10.1. The van der Waals surface area contributed by atoms with E-state index in [1.54, 1.807) is 6.07 Å². The molecule has 1 unspecified atom stereocenters. The number of thiophene rings is 1.